The van der Waals surface area contributed by atoms with Gasteiger partial charge in [0, 0.05) is 5.92 Å². The highest BCUT2D eigenvalue weighted by Gasteiger charge is 2.24. The van der Waals surface area contributed by atoms with Crippen LogP contribution in [-0.4, -0.2) is 17.0 Å². The number of amides is 1. The summed E-state index contributed by atoms with van der Waals surface area (Å²) in [5.41, 5.74) is 0. The second-order valence-electron chi connectivity index (χ2n) is 4.92. The van der Waals surface area contributed by atoms with Crippen molar-refractivity contribution in [2.24, 2.45) is 11.8 Å². The molecule has 0 unspecified atom stereocenters. The van der Waals surface area contributed by atoms with E-state index in [-0.39, 0.29) is 16.7 Å². The van der Waals surface area contributed by atoms with Crippen LogP contribution in [0.2, 0.25) is 0 Å². The Morgan fingerprint density at radius 2 is 1.94 bits per heavy atom. The molecule has 0 atom stereocenters. The van der Waals surface area contributed by atoms with Crippen LogP contribution < -0.4 is 5.32 Å². The molecule has 0 spiro atoms. The summed E-state index contributed by atoms with van der Waals surface area (Å²) in [5.74, 6) is -0.126. The zero-order valence-corrected chi connectivity index (χ0v) is 11.1. The average molecular weight is 267 g/mol. The Labute approximate surface area is 110 Å². The lowest BCUT2D eigenvalue weighted by atomic mass is 9.82. The number of hydrogen-bond donors (Lipinski definition) is 2. The third-order valence-corrected chi connectivity index (χ3v) is 4.44. The largest absolute Gasteiger partial charge is 0.477 e. The summed E-state index contributed by atoms with van der Waals surface area (Å²) in [4.78, 5) is 23.0. The lowest BCUT2D eigenvalue weighted by Gasteiger charge is -2.24. The number of anilines is 1. The first-order chi connectivity index (χ1) is 8.56. The number of hydrogen-bond acceptors (Lipinski definition) is 3. The monoisotopic (exact) mass is 267 g/mol. The van der Waals surface area contributed by atoms with Gasteiger partial charge in [-0.15, -0.1) is 11.3 Å². The summed E-state index contributed by atoms with van der Waals surface area (Å²) in [5, 5.41) is 12.2. The molecule has 1 aromatic rings. The summed E-state index contributed by atoms with van der Waals surface area (Å²) < 4.78 is 0. The average Bonchev–Trinajstić information content (AvgIpc) is 2.78. The standard InChI is InChI=1S/C13H17NO3S/c1-8-2-4-9(5-3-8)12(15)14-11-7-6-10(18-11)13(16)17/h6-9H,2-5H2,1H3,(H,14,15)(H,16,17). The van der Waals surface area contributed by atoms with E-state index in [1.807, 2.05) is 0 Å². The van der Waals surface area contributed by atoms with Gasteiger partial charge in [0.1, 0.15) is 4.88 Å². The van der Waals surface area contributed by atoms with Crippen LogP contribution in [0.4, 0.5) is 5.00 Å². The minimum Gasteiger partial charge on any atom is -0.477 e. The molecular weight excluding hydrogens is 250 g/mol. The van der Waals surface area contributed by atoms with Crippen molar-refractivity contribution < 1.29 is 14.7 Å². The first-order valence-electron chi connectivity index (χ1n) is 6.20. The second-order valence-corrected chi connectivity index (χ2v) is 6.00. The molecule has 0 aromatic carbocycles. The quantitative estimate of drug-likeness (QED) is 0.883. The number of aromatic carboxylic acids is 1. The second kappa shape index (κ2) is 5.52. The maximum atomic E-state index is 12.0. The third kappa shape index (κ3) is 3.10. The fraction of sp³-hybridized carbons (Fsp3) is 0.538. The number of carboxylic acids is 1. The Morgan fingerprint density at radius 1 is 1.28 bits per heavy atom. The molecule has 5 heteroatoms. The Morgan fingerprint density at radius 3 is 2.50 bits per heavy atom. The molecule has 1 saturated carbocycles. The molecule has 0 saturated heterocycles. The third-order valence-electron chi connectivity index (χ3n) is 3.45. The maximum absolute atomic E-state index is 12.0. The van der Waals surface area contributed by atoms with Crippen LogP contribution in [0.25, 0.3) is 0 Å². The number of carbonyl (C=O) groups excluding carboxylic acids is 1. The lowest BCUT2D eigenvalue weighted by Crippen LogP contribution is -2.26. The van der Waals surface area contributed by atoms with Crippen molar-refractivity contribution in [3.05, 3.63) is 17.0 Å². The summed E-state index contributed by atoms with van der Waals surface area (Å²) >= 11 is 1.10. The molecule has 0 aliphatic heterocycles. The molecule has 4 nitrogen and oxygen atoms in total. The molecule has 1 aliphatic carbocycles. The van der Waals surface area contributed by atoms with Crippen molar-refractivity contribution in [1.29, 1.82) is 0 Å². The Hall–Kier alpha value is -1.36. The fourth-order valence-electron chi connectivity index (χ4n) is 2.27. The van der Waals surface area contributed by atoms with E-state index in [1.54, 1.807) is 6.07 Å². The zero-order chi connectivity index (χ0) is 13.1. The van der Waals surface area contributed by atoms with Crippen molar-refractivity contribution in [3.63, 3.8) is 0 Å². The number of thiophene rings is 1. The van der Waals surface area contributed by atoms with E-state index in [1.165, 1.54) is 6.07 Å². The van der Waals surface area contributed by atoms with Crippen LogP contribution in [0.3, 0.4) is 0 Å². The molecule has 2 N–H and O–H groups in total. The van der Waals surface area contributed by atoms with Crippen LogP contribution in [0.15, 0.2) is 12.1 Å². The van der Waals surface area contributed by atoms with Crippen molar-refractivity contribution in [1.82, 2.24) is 0 Å². The fourth-order valence-corrected chi connectivity index (χ4v) is 3.01. The summed E-state index contributed by atoms with van der Waals surface area (Å²) in [6.07, 6.45) is 4.07. The minimum atomic E-state index is -0.952. The molecule has 1 amide bonds. The lowest BCUT2D eigenvalue weighted by molar-refractivity contribution is -0.120. The molecule has 98 valence electrons. The predicted molar refractivity (Wildman–Crippen MR) is 71.0 cm³/mol. The van der Waals surface area contributed by atoms with E-state index in [0.717, 1.165) is 42.9 Å². The highest BCUT2D eigenvalue weighted by atomic mass is 32.1. The van der Waals surface area contributed by atoms with Crippen LogP contribution >= 0.6 is 11.3 Å². The van der Waals surface area contributed by atoms with Gasteiger partial charge >= 0.3 is 5.97 Å². The van der Waals surface area contributed by atoms with Gasteiger partial charge in [-0.05, 0) is 43.7 Å². The van der Waals surface area contributed by atoms with E-state index in [2.05, 4.69) is 12.2 Å². The molecular formula is C13H17NO3S. The van der Waals surface area contributed by atoms with Crippen molar-refractivity contribution in [2.45, 2.75) is 32.6 Å². The van der Waals surface area contributed by atoms with Gasteiger partial charge in [0.2, 0.25) is 5.91 Å². The highest BCUT2D eigenvalue weighted by molar-refractivity contribution is 7.18. The van der Waals surface area contributed by atoms with Gasteiger partial charge in [0.25, 0.3) is 0 Å². The number of nitrogens with one attached hydrogen (secondary N) is 1. The van der Waals surface area contributed by atoms with Crippen LogP contribution in [-0.2, 0) is 4.79 Å². The molecule has 0 radical (unpaired) electrons. The Bertz CT molecular complexity index is 447. The normalized spacial score (nSPS) is 23.6. The zero-order valence-electron chi connectivity index (χ0n) is 10.3. The van der Waals surface area contributed by atoms with E-state index in [9.17, 15) is 9.59 Å². The number of carbonyl (C=O) groups is 2. The van der Waals surface area contributed by atoms with Crippen LogP contribution in [0.5, 0.6) is 0 Å². The first-order valence-corrected chi connectivity index (χ1v) is 7.02. The topological polar surface area (TPSA) is 66.4 Å². The van der Waals surface area contributed by atoms with E-state index in [0.29, 0.717) is 5.00 Å². The van der Waals surface area contributed by atoms with Gasteiger partial charge in [-0.3, -0.25) is 4.79 Å². The van der Waals surface area contributed by atoms with Gasteiger partial charge in [0.15, 0.2) is 0 Å². The highest BCUT2D eigenvalue weighted by Crippen LogP contribution is 2.30. The van der Waals surface area contributed by atoms with E-state index in [4.69, 9.17) is 5.11 Å². The molecule has 1 heterocycles. The Balaban J connectivity index is 1.92. The summed E-state index contributed by atoms with van der Waals surface area (Å²) in [6.45, 7) is 2.21. The smallest absolute Gasteiger partial charge is 0.345 e. The molecule has 1 aromatic heterocycles. The molecule has 18 heavy (non-hydrogen) atoms. The summed E-state index contributed by atoms with van der Waals surface area (Å²) in [6, 6.07) is 3.17. The van der Waals surface area contributed by atoms with E-state index < -0.39 is 5.97 Å². The van der Waals surface area contributed by atoms with Gasteiger partial charge in [-0.1, -0.05) is 6.92 Å². The molecule has 0 bridgehead atoms. The Kier molecular flexibility index (Phi) is 4.01. The van der Waals surface area contributed by atoms with Crippen molar-refractivity contribution >= 4 is 28.2 Å². The van der Waals surface area contributed by atoms with Gasteiger partial charge in [-0.25, -0.2) is 4.79 Å². The van der Waals surface area contributed by atoms with Crippen LogP contribution in [0, 0.1) is 11.8 Å². The van der Waals surface area contributed by atoms with Gasteiger partial charge in [0.05, 0.1) is 5.00 Å². The van der Waals surface area contributed by atoms with Crippen LogP contribution in [0.1, 0.15) is 42.3 Å². The van der Waals surface area contributed by atoms with Gasteiger partial charge < -0.3 is 10.4 Å². The molecule has 1 aliphatic rings. The first kappa shape index (κ1) is 13.1. The van der Waals surface area contributed by atoms with Gasteiger partial charge in [-0.2, -0.15) is 0 Å². The number of carboxylic acid groups (broad SMARTS) is 1. The number of rotatable bonds is 3. The molecule has 1 fully saturated rings. The van der Waals surface area contributed by atoms with E-state index >= 15 is 0 Å². The molecule has 2 rings (SSSR count). The minimum absolute atomic E-state index is 0.0284. The van der Waals surface area contributed by atoms with Crippen molar-refractivity contribution in [2.75, 3.05) is 5.32 Å². The summed E-state index contributed by atoms with van der Waals surface area (Å²) in [7, 11) is 0. The van der Waals surface area contributed by atoms with Crippen molar-refractivity contribution in [3.8, 4) is 0 Å². The predicted octanol–water partition coefficient (Wildman–Crippen LogP) is 3.21. The maximum Gasteiger partial charge on any atom is 0.345 e. The SMILES string of the molecule is CC1CCC(C(=O)Nc2ccc(C(=O)O)s2)CC1.